The summed E-state index contributed by atoms with van der Waals surface area (Å²) in [5, 5.41) is 8.85. The van der Waals surface area contributed by atoms with E-state index in [-0.39, 0.29) is 30.3 Å². The van der Waals surface area contributed by atoms with Crippen molar-refractivity contribution in [3.63, 3.8) is 0 Å². The maximum atomic E-state index is 13.1. The molecule has 0 aliphatic carbocycles. The number of aliphatic carboxylic acids is 1. The van der Waals surface area contributed by atoms with E-state index in [1.54, 1.807) is 16.8 Å². The third-order valence-electron chi connectivity index (χ3n) is 5.01. The van der Waals surface area contributed by atoms with Gasteiger partial charge in [0, 0.05) is 31.9 Å². The van der Waals surface area contributed by atoms with Gasteiger partial charge in [0.25, 0.3) is 0 Å². The molecule has 152 valence electrons. The number of anilines is 1. The van der Waals surface area contributed by atoms with Crippen LogP contribution in [-0.2, 0) is 19.1 Å². The molecule has 2 unspecified atom stereocenters. The zero-order valence-electron chi connectivity index (χ0n) is 15.7. The second-order valence-electron chi connectivity index (χ2n) is 7.18. The second kappa shape index (κ2) is 8.66. The van der Waals surface area contributed by atoms with E-state index < -0.39 is 11.9 Å². The lowest BCUT2D eigenvalue weighted by atomic mass is 10.1. The van der Waals surface area contributed by atoms with Crippen LogP contribution in [-0.4, -0.2) is 85.2 Å². The summed E-state index contributed by atoms with van der Waals surface area (Å²) in [5.74, 6) is -2.56. The van der Waals surface area contributed by atoms with Gasteiger partial charge < -0.3 is 19.6 Å². The lowest BCUT2D eigenvalue weighted by Gasteiger charge is -2.35. The lowest BCUT2D eigenvalue weighted by molar-refractivity contribution is -0.147. The first-order valence-corrected chi connectivity index (χ1v) is 9.23. The molecule has 0 aromatic heterocycles. The molecular formula is C19H24FN3O5. The summed E-state index contributed by atoms with van der Waals surface area (Å²) < 4.78 is 18.7. The van der Waals surface area contributed by atoms with Crippen LogP contribution in [0.2, 0.25) is 0 Å². The average Bonchev–Trinajstić information content (AvgIpc) is 3.02. The summed E-state index contributed by atoms with van der Waals surface area (Å²) in [6.45, 7) is 1.76. The molecule has 0 bridgehead atoms. The molecule has 2 atom stereocenters. The van der Waals surface area contributed by atoms with Crippen molar-refractivity contribution in [3.8, 4) is 0 Å². The number of morpholine rings is 1. The molecule has 2 saturated heterocycles. The van der Waals surface area contributed by atoms with E-state index in [1.807, 2.05) is 0 Å². The molecule has 0 spiro atoms. The molecule has 0 saturated carbocycles. The van der Waals surface area contributed by atoms with Crippen molar-refractivity contribution in [2.75, 3.05) is 51.3 Å². The number of amides is 2. The highest BCUT2D eigenvalue weighted by molar-refractivity contribution is 6.09. The van der Waals surface area contributed by atoms with Gasteiger partial charge in [-0.15, -0.1) is 0 Å². The van der Waals surface area contributed by atoms with Gasteiger partial charge in [0.15, 0.2) is 0 Å². The Morgan fingerprint density at radius 1 is 1.29 bits per heavy atom. The Labute approximate surface area is 162 Å². The topological polar surface area (TPSA) is 90.4 Å². The van der Waals surface area contributed by atoms with Crippen LogP contribution in [0.5, 0.6) is 0 Å². The first-order valence-electron chi connectivity index (χ1n) is 9.23. The van der Waals surface area contributed by atoms with Crippen molar-refractivity contribution >= 4 is 23.5 Å². The summed E-state index contributed by atoms with van der Waals surface area (Å²) in [4.78, 5) is 41.2. The van der Waals surface area contributed by atoms with Crippen molar-refractivity contribution in [3.05, 3.63) is 30.1 Å². The fourth-order valence-electron chi connectivity index (χ4n) is 3.68. The van der Waals surface area contributed by atoms with E-state index in [0.717, 1.165) is 0 Å². The van der Waals surface area contributed by atoms with Crippen LogP contribution in [0.15, 0.2) is 24.3 Å². The third kappa shape index (κ3) is 4.66. The van der Waals surface area contributed by atoms with Crippen molar-refractivity contribution in [1.29, 1.82) is 0 Å². The Morgan fingerprint density at radius 2 is 2.00 bits per heavy atom. The Bertz CT molecular complexity index is 742. The van der Waals surface area contributed by atoms with Gasteiger partial charge in [-0.25, -0.2) is 4.39 Å². The number of likely N-dealkylation sites (N-methyl/N-ethyl adjacent to an activating group) is 1. The molecule has 28 heavy (non-hydrogen) atoms. The molecule has 2 aliphatic heterocycles. The fourth-order valence-corrected chi connectivity index (χ4v) is 3.68. The molecule has 2 fully saturated rings. The fraction of sp³-hybridized carbons (Fsp3) is 0.526. The van der Waals surface area contributed by atoms with E-state index >= 15 is 0 Å². The SMILES string of the molecule is CN(CC(=O)O)CC1CN(C(=O)C2CCN(c3ccc(F)cc3)C2=O)CCO1. The van der Waals surface area contributed by atoms with Crippen LogP contribution < -0.4 is 4.90 Å². The molecular weight excluding hydrogens is 369 g/mol. The quantitative estimate of drug-likeness (QED) is 0.705. The van der Waals surface area contributed by atoms with Crippen LogP contribution in [0.25, 0.3) is 0 Å². The van der Waals surface area contributed by atoms with Crippen molar-refractivity contribution in [1.82, 2.24) is 9.80 Å². The van der Waals surface area contributed by atoms with Crippen LogP contribution in [0.3, 0.4) is 0 Å². The second-order valence-corrected chi connectivity index (χ2v) is 7.18. The molecule has 1 N–H and O–H groups in total. The van der Waals surface area contributed by atoms with E-state index in [0.29, 0.717) is 44.9 Å². The Hall–Kier alpha value is -2.52. The molecule has 3 rings (SSSR count). The summed E-state index contributed by atoms with van der Waals surface area (Å²) in [6, 6.07) is 5.64. The van der Waals surface area contributed by atoms with Crippen LogP contribution in [0, 0.1) is 11.7 Å². The van der Waals surface area contributed by atoms with Crippen molar-refractivity contribution in [2.45, 2.75) is 12.5 Å². The smallest absolute Gasteiger partial charge is 0.317 e. The van der Waals surface area contributed by atoms with Crippen molar-refractivity contribution < 1.29 is 28.6 Å². The summed E-state index contributed by atoms with van der Waals surface area (Å²) in [6.07, 6.45) is 0.113. The Kier molecular flexibility index (Phi) is 6.25. The van der Waals surface area contributed by atoms with E-state index in [2.05, 4.69) is 0 Å². The van der Waals surface area contributed by atoms with Gasteiger partial charge in [-0.2, -0.15) is 0 Å². The molecule has 2 heterocycles. The average molecular weight is 393 g/mol. The van der Waals surface area contributed by atoms with Crippen LogP contribution in [0.1, 0.15) is 6.42 Å². The van der Waals surface area contributed by atoms with E-state index in [4.69, 9.17) is 9.84 Å². The standard InChI is InChI=1S/C19H24FN3O5/c1-21(12-17(24)25)10-15-11-22(8-9-28-15)18(26)16-6-7-23(19(16)27)14-4-2-13(20)3-5-14/h2-5,15-16H,6-12H2,1H3,(H,24,25). The predicted octanol–water partition coefficient (Wildman–Crippen LogP) is 0.422. The highest BCUT2D eigenvalue weighted by Crippen LogP contribution is 2.27. The summed E-state index contributed by atoms with van der Waals surface area (Å²) >= 11 is 0. The number of rotatable bonds is 6. The number of benzene rings is 1. The largest absolute Gasteiger partial charge is 0.480 e. The molecule has 8 nitrogen and oxygen atoms in total. The predicted molar refractivity (Wildman–Crippen MR) is 98.3 cm³/mol. The minimum absolute atomic E-state index is 0.110. The minimum Gasteiger partial charge on any atom is -0.480 e. The van der Waals surface area contributed by atoms with E-state index in [1.165, 1.54) is 29.2 Å². The van der Waals surface area contributed by atoms with Crippen LogP contribution in [0.4, 0.5) is 10.1 Å². The third-order valence-corrected chi connectivity index (χ3v) is 5.01. The van der Waals surface area contributed by atoms with Gasteiger partial charge in [-0.05, 0) is 37.7 Å². The zero-order chi connectivity index (χ0) is 20.3. The van der Waals surface area contributed by atoms with Gasteiger partial charge >= 0.3 is 5.97 Å². The number of ether oxygens (including phenoxy) is 1. The molecule has 2 aliphatic rings. The minimum atomic E-state index is -0.927. The van der Waals surface area contributed by atoms with Gasteiger partial charge in [-0.1, -0.05) is 0 Å². The summed E-state index contributed by atoms with van der Waals surface area (Å²) in [7, 11) is 1.68. The number of hydrogen-bond donors (Lipinski definition) is 1. The molecule has 0 radical (unpaired) electrons. The first kappa shape index (κ1) is 20.2. The number of carbonyl (C=O) groups is 3. The number of carbonyl (C=O) groups excluding carboxylic acids is 2. The summed E-state index contributed by atoms with van der Waals surface area (Å²) in [5.41, 5.74) is 0.580. The maximum absolute atomic E-state index is 13.1. The lowest BCUT2D eigenvalue weighted by Crippen LogP contribution is -2.52. The highest BCUT2D eigenvalue weighted by atomic mass is 19.1. The van der Waals surface area contributed by atoms with Gasteiger partial charge in [0.2, 0.25) is 11.8 Å². The molecule has 1 aromatic carbocycles. The normalized spacial score (nSPS) is 22.8. The van der Waals surface area contributed by atoms with Gasteiger partial charge in [-0.3, -0.25) is 19.3 Å². The first-order chi connectivity index (χ1) is 13.3. The number of hydrogen-bond acceptors (Lipinski definition) is 5. The van der Waals surface area contributed by atoms with E-state index in [9.17, 15) is 18.8 Å². The molecule has 1 aromatic rings. The maximum Gasteiger partial charge on any atom is 0.317 e. The Morgan fingerprint density at radius 3 is 2.68 bits per heavy atom. The monoisotopic (exact) mass is 393 g/mol. The van der Waals surface area contributed by atoms with Gasteiger partial charge in [0.05, 0.1) is 19.3 Å². The highest BCUT2D eigenvalue weighted by Gasteiger charge is 2.40. The number of halogens is 1. The number of nitrogens with zero attached hydrogens (tertiary/aromatic N) is 3. The Balaban J connectivity index is 1.59. The number of carboxylic acid groups (broad SMARTS) is 1. The van der Waals surface area contributed by atoms with Gasteiger partial charge in [0.1, 0.15) is 11.7 Å². The zero-order valence-corrected chi connectivity index (χ0v) is 15.7. The molecule has 2 amide bonds. The van der Waals surface area contributed by atoms with Crippen molar-refractivity contribution in [2.24, 2.45) is 5.92 Å². The number of carboxylic acids is 1. The molecule has 9 heteroatoms. The van der Waals surface area contributed by atoms with Crippen LogP contribution >= 0.6 is 0 Å².